The van der Waals surface area contributed by atoms with Crippen LogP contribution in [0.25, 0.3) is 0 Å². The SMILES string of the molecule is CCCCCCCCCCNC1CCCCC1CO. The van der Waals surface area contributed by atoms with Gasteiger partial charge in [0.1, 0.15) is 0 Å². The van der Waals surface area contributed by atoms with Crippen molar-refractivity contribution in [1.82, 2.24) is 5.32 Å². The molecule has 1 aliphatic carbocycles. The van der Waals surface area contributed by atoms with Crippen molar-refractivity contribution in [3.63, 3.8) is 0 Å². The van der Waals surface area contributed by atoms with E-state index in [1.807, 2.05) is 0 Å². The summed E-state index contributed by atoms with van der Waals surface area (Å²) in [6, 6.07) is 0.586. The second-order valence-electron chi connectivity index (χ2n) is 6.26. The van der Waals surface area contributed by atoms with Crippen molar-refractivity contribution < 1.29 is 5.11 Å². The highest BCUT2D eigenvalue weighted by Gasteiger charge is 2.23. The van der Waals surface area contributed by atoms with Crippen LogP contribution in [0.1, 0.15) is 84.0 Å². The summed E-state index contributed by atoms with van der Waals surface area (Å²) in [6.45, 7) is 3.79. The third kappa shape index (κ3) is 7.94. The van der Waals surface area contributed by atoms with E-state index in [1.165, 1.54) is 77.0 Å². The molecule has 19 heavy (non-hydrogen) atoms. The van der Waals surface area contributed by atoms with Crippen molar-refractivity contribution in [2.24, 2.45) is 5.92 Å². The van der Waals surface area contributed by atoms with E-state index in [0.29, 0.717) is 18.6 Å². The summed E-state index contributed by atoms with van der Waals surface area (Å²) in [5, 5.41) is 13.0. The van der Waals surface area contributed by atoms with E-state index in [9.17, 15) is 5.11 Å². The smallest absolute Gasteiger partial charge is 0.0474 e. The Morgan fingerprint density at radius 3 is 2.21 bits per heavy atom. The quantitative estimate of drug-likeness (QED) is 0.549. The number of aliphatic hydroxyl groups is 1. The maximum Gasteiger partial charge on any atom is 0.0474 e. The van der Waals surface area contributed by atoms with Crippen molar-refractivity contribution in [2.45, 2.75) is 90.0 Å². The minimum Gasteiger partial charge on any atom is -0.396 e. The Bertz CT molecular complexity index is 196. The van der Waals surface area contributed by atoms with Gasteiger partial charge in [-0.05, 0) is 31.7 Å². The van der Waals surface area contributed by atoms with Crippen molar-refractivity contribution in [1.29, 1.82) is 0 Å². The van der Waals surface area contributed by atoms with E-state index in [0.717, 1.165) is 6.54 Å². The van der Waals surface area contributed by atoms with Crippen LogP contribution in [0.15, 0.2) is 0 Å². The summed E-state index contributed by atoms with van der Waals surface area (Å²) in [5.74, 6) is 0.516. The van der Waals surface area contributed by atoms with Crippen LogP contribution in [-0.2, 0) is 0 Å². The summed E-state index contributed by atoms with van der Waals surface area (Å²) in [6.07, 6.45) is 16.2. The standard InChI is InChI=1S/C17H35NO/c1-2-3-4-5-6-7-8-11-14-18-17-13-10-9-12-16(17)15-19/h16-19H,2-15H2,1H3. The lowest BCUT2D eigenvalue weighted by Crippen LogP contribution is -2.40. The first-order valence-corrected chi connectivity index (χ1v) is 8.72. The Morgan fingerprint density at radius 2 is 1.53 bits per heavy atom. The highest BCUT2D eigenvalue weighted by molar-refractivity contribution is 4.80. The predicted molar refractivity (Wildman–Crippen MR) is 83.4 cm³/mol. The molecule has 0 aliphatic heterocycles. The van der Waals surface area contributed by atoms with Gasteiger partial charge < -0.3 is 10.4 Å². The fourth-order valence-corrected chi connectivity index (χ4v) is 3.24. The van der Waals surface area contributed by atoms with Crippen LogP contribution in [0.4, 0.5) is 0 Å². The van der Waals surface area contributed by atoms with Gasteiger partial charge in [0.2, 0.25) is 0 Å². The molecule has 1 aliphatic rings. The Balaban J connectivity index is 1.89. The van der Waals surface area contributed by atoms with Crippen LogP contribution in [0.3, 0.4) is 0 Å². The fourth-order valence-electron chi connectivity index (χ4n) is 3.24. The molecule has 1 saturated carbocycles. The molecule has 0 radical (unpaired) electrons. The normalized spacial score (nSPS) is 23.7. The lowest BCUT2D eigenvalue weighted by atomic mass is 9.85. The molecule has 0 amide bonds. The van der Waals surface area contributed by atoms with Gasteiger partial charge >= 0.3 is 0 Å². The zero-order valence-electron chi connectivity index (χ0n) is 13.0. The van der Waals surface area contributed by atoms with Gasteiger partial charge in [0.05, 0.1) is 0 Å². The molecule has 1 fully saturated rings. The molecular formula is C17H35NO. The van der Waals surface area contributed by atoms with Gasteiger partial charge in [0.25, 0.3) is 0 Å². The molecule has 2 heteroatoms. The van der Waals surface area contributed by atoms with Gasteiger partial charge in [0, 0.05) is 12.6 Å². The average Bonchev–Trinajstić information content (AvgIpc) is 2.46. The molecule has 0 aromatic carbocycles. The molecule has 114 valence electrons. The van der Waals surface area contributed by atoms with Gasteiger partial charge in [-0.15, -0.1) is 0 Å². The van der Waals surface area contributed by atoms with Gasteiger partial charge in [-0.2, -0.15) is 0 Å². The van der Waals surface area contributed by atoms with Gasteiger partial charge in [-0.3, -0.25) is 0 Å². The molecule has 0 heterocycles. The first kappa shape index (κ1) is 17.0. The molecule has 2 unspecified atom stereocenters. The first-order valence-electron chi connectivity index (χ1n) is 8.72. The van der Waals surface area contributed by atoms with Gasteiger partial charge in [0.15, 0.2) is 0 Å². The first-order chi connectivity index (χ1) is 9.38. The monoisotopic (exact) mass is 269 g/mol. The van der Waals surface area contributed by atoms with Crippen molar-refractivity contribution in [3.8, 4) is 0 Å². The van der Waals surface area contributed by atoms with E-state index < -0.39 is 0 Å². The number of aliphatic hydroxyl groups excluding tert-OH is 1. The molecule has 2 nitrogen and oxygen atoms in total. The summed E-state index contributed by atoms with van der Waals surface area (Å²) in [4.78, 5) is 0. The van der Waals surface area contributed by atoms with Crippen LogP contribution in [-0.4, -0.2) is 24.3 Å². The number of hydrogen-bond donors (Lipinski definition) is 2. The molecule has 2 N–H and O–H groups in total. The number of hydrogen-bond acceptors (Lipinski definition) is 2. The molecule has 1 rings (SSSR count). The average molecular weight is 269 g/mol. The highest BCUT2D eigenvalue weighted by Crippen LogP contribution is 2.23. The second kappa shape index (κ2) is 11.7. The minimum atomic E-state index is 0.370. The maximum absolute atomic E-state index is 9.36. The Labute approximate surface area is 120 Å². The Hall–Kier alpha value is -0.0800. The van der Waals surface area contributed by atoms with Crippen LogP contribution < -0.4 is 5.32 Å². The lowest BCUT2D eigenvalue weighted by Gasteiger charge is -2.31. The summed E-state index contributed by atoms with van der Waals surface area (Å²) < 4.78 is 0. The third-order valence-electron chi connectivity index (χ3n) is 4.58. The lowest BCUT2D eigenvalue weighted by molar-refractivity contribution is 0.153. The van der Waals surface area contributed by atoms with E-state index in [-0.39, 0.29) is 0 Å². The van der Waals surface area contributed by atoms with Crippen LogP contribution >= 0.6 is 0 Å². The minimum absolute atomic E-state index is 0.370. The predicted octanol–water partition coefficient (Wildman–Crippen LogP) is 4.27. The molecule has 2 atom stereocenters. The molecule has 0 aromatic rings. The van der Waals surface area contributed by atoms with Gasteiger partial charge in [-0.1, -0.05) is 64.7 Å². The molecule has 0 aromatic heterocycles. The Morgan fingerprint density at radius 1 is 0.895 bits per heavy atom. The summed E-state index contributed by atoms with van der Waals surface area (Å²) in [5.41, 5.74) is 0. The molecule has 0 saturated heterocycles. The van der Waals surface area contributed by atoms with E-state index in [4.69, 9.17) is 0 Å². The van der Waals surface area contributed by atoms with Crippen molar-refractivity contribution >= 4 is 0 Å². The van der Waals surface area contributed by atoms with Gasteiger partial charge in [-0.25, -0.2) is 0 Å². The topological polar surface area (TPSA) is 32.3 Å². The van der Waals surface area contributed by atoms with E-state index >= 15 is 0 Å². The van der Waals surface area contributed by atoms with Crippen LogP contribution in [0.2, 0.25) is 0 Å². The third-order valence-corrected chi connectivity index (χ3v) is 4.58. The maximum atomic E-state index is 9.36. The number of unbranched alkanes of at least 4 members (excludes halogenated alkanes) is 7. The zero-order valence-corrected chi connectivity index (χ0v) is 13.0. The van der Waals surface area contributed by atoms with Crippen LogP contribution in [0.5, 0.6) is 0 Å². The van der Waals surface area contributed by atoms with Crippen LogP contribution in [0, 0.1) is 5.92 Å². The van der Waals surface area contributed by atoms with E-state index in [1.54, 1.807) is 0 Å². The Kier molecular flexibility index (Phi) is 10.5. The van der Waals surface area contributed by atoms with Crippen molar-refractivity contribution in [3.05, 3.63) is 0 Å². The largest absolute Gasteiger partial charge is 0.396 e. The molecule has 0 spiro atoms. The fraction of sp³-hybridized carbons (Fsp3) is 1.00. The summed E-state index contributed by atoms with van der Waals surface area (Å²) in [7, 11) is 0. The molecule has 0 bridgehead atoms. The number of rotatable bonds is 11. The summed E-state index contributed by atoms with van der Waals surface area (Å²) >= 11 is 0. The van der Waals surface area contributed by atoms with E-state index in [2.05, 4.69) is 12.2 Å². The molecular weight excluding hydrogens is 234 g/mol. The highest BCUT2D eigenvalue weighted by atomic mass is 16.3. The zero-order chi connectivity index (χ0) is 13.8. The second-order valence-corrected chi connectivity index (χ2v) is 6.26. The van der Waals surface area contributed by atoms with Crippen molar-refractivity contribution in [2.75, 3.05) is 13.2 Å². The number of nitrogens with one attached hydrogen (secondary N) is 1.